The minimum atomic E-state index is -2.93. The average Bonchev–Trinajstić information content (AvgIpc) is 3.07. The number of para-hydroxylation sites is 1. The van der Waals surface area contributed by atoms with E-state index in [2.05, 4.69) is 15.5 Å². The van der Waals surface area contributed by atoms with E-state index < -0.39 is 9.84 Å². The fraction of sp³-hybridized carbons (Fsp3) is 0.429. The minimum absolute atomic E-state index is 0.113. The largest absolute Gasteiger partial charge is 0.493 e. The van der Waals surface area contributed by atoms with Crippen molar-refractivity contribution < 1.29 is 17.6 Å². The Labute approximate surface area is 128 Å². The van der Waals surface area contributed by atoms with Crippen molar-refractivity contribution >= 4 is 15.9 Å². The Balaban J connectivity index is 1.47. The van der Waals surface area contributed by atoms with Gasteiger partial charge in [-0.3, -0.25) is 0 Å². The van der Waals surface area contributed by atoms with Crippen molar-refractivity contribution in [2.75, 3.05) is 23.4 Å². The highest BCUT2D eigenvalue weighted by atomic mass is 32.2. The molecule has 0 aliphatic carbocycles. The molecule has 1 fully saturated rings. The highest BCUT2D eigenvalue weighted by Gasteiger charge is 2.28. The predicted octanol–water partition coefficient (Wildman–Crippen LogP) is 1.29. The number of aromatic nitrogens is 2. The summed E-state index contributed by atoms with van der Waals surface area (Å²) in [6.07, 6.45) is 1.06. The lowest BCUT2D eigenvalue weighted by molar-refractivity contribution is 0.307. The van der Waals surface area contributed by atoms with Crippen LogP contribution in [-0.4, -0.2) is 42.8 Å². The van der Waals surface area contributed by atoms with Gasteiger partial charge in [0.1, 0.15) is 5.75 Å². The molecular formula is C14H17N3O4S. The molecule has 118 valence electrons. The van der Waals surface area contributed by atoms with Gasteiger partial charge in [0.2, 0.25) is 5.89 Å². The number of hydrogen-bond acceptors (Lipinski definition) is 7. The Morgan fingerprint density at radius 2 is 2.09 bits per heavy atom. The third-order valence-electron chi connectivity index (χ3n) is 3.35. The van der Waals surface area contributed by atoms with Crippen LogP contribution in [0.25, 0.3) is 0 Å². The number of nitrogens with one attached hydrogen (secondary N) is 1. The van der Waals surface area contributed by atoms with Gasteiger partial charge in [-0.25, -0.2) is 8.42 Å². The third-order valence-corrected chi connectivity index (χ3v) is 5.12. The van der Waals surface area contributed by atoms with Gasteiger partial charge in [-0.2, -0.15) is 0 Å². The Morgan fingerprint density at radius 1 is 1.27 bits per heavy atom. The molecule has 0 amide bonds. The molecule has 2 heterocycles. The standard InChI is InChI=1S/C14H17N3O4S/c18-22(19)9-7-11(10-22)15-14-17-16-13(21-14)6-8-20-12-4-2-1-3-5-12/h1-5,11H,6-10H2,(H,15,17). The molecule has 0 radical (unpaired) electrons. The predicted molar refractivity (Wildman–Crippen MR) is 80.6 cm³/mol. The van der Waals surface area contributed by atoms with Gasteiger partial charge in [-0.05, 0) is 18.6 Å². The molecule has 0 saturated carbocycles. The Hall–Kier alpha value is -2.09. The number of rotatable bonds is 6. The van der Waals surface area contributed by atoms with E-state index in [1.165, 1.54) is 0 Å². The molecule has 1 atom stereocenters. The van der Waals surface area contributed by atoms with E-state index >= 15 is 0 Å². The monoisotopic (exact) mass is 323 g/mol. The van der Waals surface area contributed by atoms with Crippen LogP contribution in [0.5, 0.6) is 5.75 Å². The van der Waals surface area contributed by atoms with Gasteiger partial charge in [0, 0.05) is 6.04 Å². The van der Waals surface area contributed by atoms with Gasteiger partial charge in [0.05, 0.1) is 24.5 Å². The van der Waals surface area contributed by atoms with Crippen molar-refractivity contribution in [1.29, 1.82) is 0 Å². The molecule has 1 aliphatic heterocycles. The number of benzene rings is 1. The minimum Gasteiger partial charge on any atom is -0.493 e. The molecule has 7 nitrogen and oxygen atoms in total. The highest BCUT2D eigenvalue weighted by Crippen LogP contribution is 2.17. The van der Waals surface area contributed by atoms with E-state index in [4.69, 9.17) is 9.15 Å². The summed E-state index contributed by atoms with van der Waals surface area (Å²) < 4.78 is 33.8. The first-order valence-corrected chi connectivity index (χ1v) is 8.90. The van der Waals surface area contributed by atoms with Crippen molar-refractivity contribution in [3.8, 4) is 5.75 Å². The highest BCUT2D eigenvalue weighted by molar-refractivity contribution is 7.91. The zero-order valence-electron chi connectivity index (χ0n) is 11.9. The first kappa shape index (κ1) is 14.8. The molecule has 1 aliphatic rings. The van der Waals surface area contributed by atoms with Crippen LogP contribution in [0.3, 0.4) is 0 Å². The van der Waals surface area contributed by atoms with Gasteiger partial charge in [0.25, 0.3) is 0 Å². The summed E-state index contributed by atoms with van der Waals surface area (Å²) in [6, 6.07) is 9.59. The van der Waals surface area contributed by atoms with E-state index in [0.29, 0.717) is 25.3 Å². The maximum absolute atomic E-state index is 11.4. The molecular weight excluding hydrogens is 306 g/mol. The van der Waals surface area contributed by atoms with Crippen LogP contribution in [0.15, 0.2) is 34.7 Å². The molecule has 1 aromatic carbocycles. The van der Waals surface area contributed by atoms with Crippen LogP contribution < -0.4 is 10.1 Å². The lowest BCUT2D eigenvalue weighted by Crippen LogP contribution is -2.20. The summed E-state index contributed by atoms with van der Waals surface area (Å²) in [6.45, 7) is 0.434. The topological polar surface area (TPSA) is 94.3 Å². The summed E-state index contributed by atoms with van der Waals surface area (Å²) in [5.41, 5.74) is 0. The van der Waals surface area contributed by atoms with Gasteiger partial charge >= 0.3 is 6.01 Å². The lowest BCUT2D eigenvalue weighted by Gasteiger charge is -2.06. The second-order valence-electron chi connectivity index (χ2n) is 5.16. The van der Waals surface area contributed by atoms with E-state index in [0.717, 1.165) is 5.75 Å². The lowest BCUT2D eigenvalue weighted by atomic mass is 10.3. The van der Waals surface area contributed by atoms with Crippen LogP contribution in [0, 0.1) is 0 Å². The maximum atomic E-state index is 11.4. The second kappa shape index (κ2) is 6.35. The zero-order valence-corrected chi connectivity index (χ0v) is 12.8. The SMILES string of the molecule is O=S1(=O)CCC(Nc2nnc(CCOc3ccccc3)o2)C1. The van der Waals surface area contributed by atoms with E-state index in [9.17, 15) is 8.42 Å². The Morgan fingerprint density at radius 3 is 2.82 bits per heavy atom. The summed E-state index contributed by atoms with van der Waals surface area (Å²) in [4.78, 5) is 0. The molecule has 22 heavy (non-hydrogen) atoms. The fourth-order valence-corrected chi connectivity index (χ4v) is 3.94. The van der Waals surface area contributed by atoms with Crippen molar-refractivity contribution in [2.24, 2.45) is 0 Å². The van der Waals surface area contributed by atoms with Crippen LogP contribution >= 0.6 is 0 Å². The van der Waals surface area contributed by atoms with Crippen LogP contribution in [0.2, 0.25) is 0 Å². The van der Waals surface area contributed by atoms with Crippen molar-refractivity contribution in [1.82, 2.24) is 10.2 Å². The summed E-state index contributed by atoms with van der Waals surface area (Å²) in [5.74, 6) is 1.56. The average molecular weight is 323 g/mol. The first-order chi connectivity index (χ1) is 10.6. The molecule has 3 rings (SSSR count). The number of anilines is 1. The van der Waals surface area contributed by atoms with E-state index in [-0.39, 0.29) is 23.6 Å². The van der Waals surface area contributed by atoms with Crippen molar-refractivity contribution in [2.45, 2.75) is 18.9 Å². The Bertz CT molecular complexity index is 715. The second-order valence-corrected chi connectivity index (χ2v) is 7.39. The van der Waals surface area contributed by atoms with Gasteiger partial charge < -0.3 is 14.5 Å². The molecule has 1 unspecified atom stereocenters. The van der Waals surface area contributed by atoms with E-state index in [1.54, 1.807) is 0 Å². The molecule has 2 aromatic rings. The molecule has 0 bridgehead atoms. The fourth-order valence-electron chi connectivity index (χ4n) is 2.27. The van der Waals surface area contributed by atoms with E-state index in [1.807, 2.05) is 30.3 Å². The smallest absolute Gasteiger partial charge is 0.315 e. The molecule has 1 saturated heterocycles. The van der Waals surface area contributed by atoms with Gasteiger partial charge in [0.15, 0.2) is 9.84 Å². The molecule has 1 N–H and O–H groups in total. The third kappa shape index (κ3) is 3.97. The zero-order chi connectivity index (χ0) is 15.4. The normalized spacial score (nSPS) is 19.9. The van der Waals surface area contributed by atoms with Crippen LogP contribution in [0.1, 0.15) is 12.3 Å². The van der Waals surface area contributed by atoms with Crippen LogP contribution in [0.4, 0.5) is 6.01 Å². The Kier molecular flexibility index (Phi) is 4.28. The first-order valence-electron chi connectivity index (χ1n) is 7.08. The summed E-state index contributed by atoms with van der Waals surface area (Å²) in [7, 11) is -2.93. The van der Waals surface area contributed by atoms with Gasteiger partial charge in [-0.15, -0.1) is 5.10 Å². The maximum Gasteiger partial charge on any atom is 0.315 e. The molecule has 1 aromatic heterocycles. The van der Waals surface area contributed by atoms with Crippen molar-refractivity contribution in [3.63, 3.8) is 0 Å². The van der Waals surface area contributed by atoms with Crippen LogP contribution in [-0.2, 0) is 16.3 Å². The summed E-state index contributed by atoms with van der Waals surface area (Å²) >= 11 is 0. The molecule has 0 spiro atoms. The van der Waals surface area contributed by atoms with Crippen molar-refractivity contribution in [3.05, 3.63) is 36.2 Å². The number of nitrogens with zero attached hydrogens (tertiary/aromatic N) is 2. The number of hydrogen-bond donors (Lipinski definition) is 1. The number of ether oxygens (including phenoxy) is 1. The molecule has 8 heteroatoms. The van der Waals surface area contributed by atoms with Gasteiger partial charge in [-0.1, -0.05) is 23.3 Å². The number of sulfone groups is 1. The summed E-state index contributed by atoms with van der Waals surface area (Å²) in [5, 5.41) is 10.8. The quantitative estimate of drug-likeness (QED) is 0.856.